The summed E-state index contributed by atoms with van der Waals surface area (Å²) in [6, 6.07) is 4.59. The molecular weight excluding hydrogens is 311 g/mol. The molecule has 0 bridgehead atoms. The highest BCUT2D eigenvalue weighted by Gasteiger charge is 2.13. The maximum Gasteiger partial charge on any atom is 0.274 e. The number of carbonyl (C=O) groups is 1. The molecule has 1 unspecified atom stereocenters. The normalized spacial score (nSPS) is 11.2. The van der Waals surface area contributed by atoms with Gasteiger partial charge in [0.15, 0.2) is 0 Å². The Labute approximate surface area is 113 Å². The summed E-state index contributed by atoms with van der Waals surface area (Å²) in [7, 11) is 0. The van der Waals surface area contributed by atoms with Gasteiger partial charge in [-0.15, -0.1) is 12.4 Å². The van der Waals surface area contributed by atoms with Crippen molar-refractivity contribution in [2.24, 2.45) is 0 Å². The van der Waals surface area contributed by atoms with E-state index in [9.17, 15) is 14.9 Å². The van der Waals surface area contributed by atoms with Crippen molar-refractivity contribution in [3.8, 4) is 0 Å². The first-order chi connectivity index (χ1) is 7.41. The van der Waals surface area contributed by atoms with Crippen LogP contribution >= 0.6 is 28.3 Å². The van der Waals surface area contributed by atoms with Gasteiger partial charge in [0.2, 0.25) is 5.91 Å². The van der Waals surface area contributed by atoms with Crippen LogP contribution in [0.15, 0.2) is 18.2 Å². The third-order valence-corrected chi connectivity index (χ3v) is 2.45. The molecule has 0 heterocycles. The summed E-state index contributed by atoms with van der Waals surface area (Å²) in [5, 5.41) is 13.3. The van der Waals surface area contributed by atoms with E-state index in [0.717, 1.165) is 0 Å². The topological polar surface area (TPSA) is 72.2 Å². The van der Waals surface area contributed by atoms with E-state index in [1.165, 1.54) is 6.07 Å². The molecule has 1 atom stereocenters. The number of amides is 1. The summed E-state index contributed by atoms with van der Waals surface area (Å²) in [6.45, 7) is 3.33. The van der Waals surface area contributed by atoms with Crippen LogP contribution in [0.1, 0.15) is 12.5 Å². The summed E-state index contributed by atoms with van der Waals surface area (Å²) in [4.78, 5) is 21.2. The largest absolute Gasteiger partial charge is 0.325 e. The molecule has 0 aliphatic heterocycles. The van der Waals surface area contributed by atoms with Crippen molar-refractivity contribution in [3.63, 3.8) is 0 Å². The number of nitrogens with one attached hydrogen (secondary N) is 1. The zero-order valence-electron chi connectivity index (χ0n) is 9.27. The molecule has 0 aliphatic carbocycles. The average Bonchev–Trinajstić information content (AvgIpc) is 2.20. The molecule has 0 saturated heterocycles. The highest BCUT2D eigenvalue weighted by molar-refractivity contribution is 9.10. The van der Waals surface area contributed by atoms with Gasteiger partial charge in [-0.05, 0) is 19.9 Å². The van der Waals surface area contributed by atoms with Crippen molar-refractivity contribution in [2.75, 3.05) is 5.32 Å². The molecule has 0 aliphatic rings. The Morgan fingerprint density at radius 2 is 2.12 bits per heavy atom. The number of halogens is 2. The number of alkyl halides is 1. The molecule has 94 valence electrons. The van der Waals surface area contributed by atoms with Crippen LogP contribution in [0.5, 0.6) is 0 Å². The van der Waals surface area contributed by atoms with Gasteiger partial charge < -0.3 is 5.32 Å². The van der Waals surface area contributed by atoms with E-state index in [2.05, 4.69) is 21.2 Å². The van der Waals surface area contributed by atoms with Gasteiger partial charge in [-0.1, -0.05) is 22.0 Å². The fourth-order valence-corrected chi connectivity index (χ4v) is 1.24. The quantitative estimate of drug-likeness (QED) is 0.528. The number of nitro benzene ring substituents is 1. The van der Waals surface area contributed by atoms with Gasteiger partial charge in [-0.3, -0.25) is 14.9 Å². The zero-order valence-corrected chi connectivity index (χ0v) is 11.7. The van der Waals surface area contributed by atoms with Crippen LogP contribution in [0.25, 0.3) is 0 Å². The molecule has 1 aromatic carbocycles. The summed E-state index contributed by atoms with van der Waals surface area (Å²) >= 11 is 3.11. The van der Waals surface area contributed by atoms with E-state index < -0.39 is 4.92 Å². The molecular formula is C10H12BrClN2O3. The maximum atomic E-state index is 11.4. The van der Waals surface area contributed by atoms with Crippen molar-refractivity contribution in [1.29, 1.82) is 0 Å². The summed E-state index contributed by atoms with van der Waals surface area (Å²) < 4.78 is 0. The second-order valence-electron chi connectivity index (χ2n) is 3.36. The molecule has 5 nitrogen and oxygen atoms in total. The number of nitro groups is 1. The Kier molecular flexibility index (Phi) is 6.12. The van der Waals surface area contributed by atoms with Crippen LogP contribution in [0.3, 0.4) is 0 Å². The lowest BCUT2D eigenvalue weighted by molar-refractivity contribution is -0.385. The lowest BCUT2D eigenvalue weighted by atomic mass is 10.2. The number of rotatable bonds is 3. The van der Waals surface area contributed by atoms with E-state index in [4.69, 9.17) is 0 Å². The van der Waals surface area contributed by atoms with Gasteiger partial charge in [-0.25, -0.2) is 0 Å². The Bertz CT molecular complexity index is 438. The average molecular weight is 324 g/mol. The number of carbonyl (C=O) groups excluding carboxylic acids is 1. The molecule has 0 spiro atoms. The molecule has 0 saturated carbocycles. The second kappa shape index (κ2) is 6.56. The van der Waals surface area contributed by atoms with Crippen LogP contribution < -0.4 is 5.32 Å². The number of benzene rings is 1. The smallest absolute Gasteiger partial charge is 0.274 e. The fraction of sp³-hybridized carbons (Fsp3) is 0.300. The number of hydrogen-bond donors (Lipinski definition) is 1. The van der Waals surface area contributed by atoms with Gasteiger partial charge in [0.1, 0.15) is 0 Å². The van der Waals surface area contributed by atoms with Crippen LogP contribution in [-0.2, 0) is 4.79 Å². The zero-order chi connectivity index (χ0) is 12.3. The highest BCUT2D eigenvalue weighted by atomic mass is 79.9. The standard InChI is InChI=1S/C10H11BrN2O3.ClH/c1-6-3-4-8(5-9(6)13(15)16)12-10(14)7(2)11;/h3-5,7H,1-2H3,(H,12,14);1H. The fourth-order valence-electron chi connectivity index (χ4n) is 1.13. The molecule has 0 radical (unpaired) electrons. The first-order valence-electron chi connectivity index (χ1n) is 4.62. The lowest BCUT2D eigenvalue weighted by Gasteiger charge is -2.07. The lowest BCUT2D eigenvalue weighted by Crippen LogP contribution is -2.19. The van der Waals surface area contributed by atoms with Crippen LogP contribution in [0, 0.1) is 17.0 Å². The van der Waals surface area contributed by atoms with E-state index in [-0.39, 0.29) is 28.8 Å². The van der Waals surface area contributed by atoms with Gasteiger partial charge in [-0.2, -0.15) is 0 Å². The molecule has 1 rings (SSSR count). The minimum absolute atomic E-state index is 0. The first kappa shape index (κ1) is 15.9. The minimum Gasteiger partial charge on any atom is -0.325 e. The third-order valence-electron chi connectivity index (χ3n) is 2.03. The van der Waals surface area contributed by atoms with Gasteiger partial charge >= 0.3 is 0 Å². The minimum atomic E-state index is -0.470. The molecule has 1 aromatic rings. The highest BCUT2D eigenvalue weighted by Crippen LogP contribution is 2.22. The number of aryl methyl sites for hydroxylation is 1. The van der Waals surface area contributed by atoms with Gasteiger partial charge in [0.05, 0.1) is 9.75 Å². The Balaban J connectivity index is 0.00000256. The number of nitrogens with zero attached hydrogens (tertiary/aromatic N) is 1. The Morgan fingerprint density at radius 1 is 1.53 bits per heavy atom. The predicted octanol–water partition coefficient (Wildman–Crippen LogP) is 3.05. The monoisotopic (exact) mass is 322 g/mol. The van der Waals surface area contributed by atoms with E-state index in [1.54, 1.807) is 26.0 Å². The van der Waals surface area contributed by atoms with E-state index in [1.807, 2.05) is 0 Å². The SMILES string of the molecule is Cc1ccc(NC(=O)C(C)Br)cc1[N+](=O)[O-].Cl. The number of hydrogen-bond acceptors (Lipinski definition) is 3. The molecule has 7 heteroatoms. The molecule has 17 heavy (non-hydrogen) atoms. The van der Waals surface area contributed by atoms with Crippen molar-refractivity contribution in [2.45, 2.75) is 18.7 Å². The predicted molar refractivity (Wildman–Crippen MR) is 72.1 cm³/mol. The van der Waals surface area contributed by atoms with Crippen LogP contribution in [-0.4, -0.2) is 15.7 Å². The summed E-state index contributed by atoms with van der Waals surface area (Å²) in [6.07, 6.45) is 0. The van der Waals surface area contributed by atoms with E-state index >= 15 is 0 Å². The molecule has 0 aromatic heterocycles. The summed E-state index contributed by atoms with van der Waals surface area (Å²) in [5.41, 5.74) is 0.989. The Hall–Kier alpha value is -1.14. The van der Waals surface area contributed by atoms with Crippen LogP contribution in [0.2, 0.25) is 0 Å². The second-order valence-corrected chi connectivity index (χ2v) is 4.74. The molecule has 0 fully saturated rings. The van der Waals surface area contributed by atoms with Gasteiger partial charge in [0, 0.05) is 17.3 Å². The van der Waals surface area contributed by atoms with E-state index in [0.29, 0.717) is 11.3 Å². The van der Waals surface area contributed by atoms with Crippen molar-refractivity contribution < 1.29 is 9.72 Å². The third kappa shape index (κ3) is 4.32. The number of anilines is 1. The van der Waals surface area contributed by atoms with Crippen molar-refractivity contribution >= 4 is 45.6 Å². The molecule has 1 amide bonds. The van der Waals surface area contributed by atoms with Gasteiger partial charge in [0.25, 0.3) is 5.69 Å². The van der Waals surface area contributed by atoms with Crippen LogP contribution in [0.4, 0.5) is 11.4 Å². The molecule has 1 N–H and O–H groups in total. The first-order valence-corrected chi connectivity index (χ1v) is 5.53. The van der Waals surface area contributed by atoms with Crippen molar-refractivity contribution in [3.05, 3.63) is 33.9 Å². The van der Waals surface area contributed by atoms with Crippen molar-refractivity contribution in [1.82, 2.24) is 0 Å². The summed E-state index contributed by atoms with van der Waals surface area (Å²) in [5.74, 6) is -0.238. The maximum absolute atomic E-state index is 11.4. The Morgan fingerprint density at radius 3 is 2.59 bits per heavy atom.